The van der Waals surface area contributed by atoms with E-state index in [2.05, 4.69) is 21.0 Å². The number of halogens is 1. The highest BCUT2D eigenvalue weighted by atomic mass is 79.9. The number of benzene rings is 2. The molecule has 0 saturated heterocycles. The van der Waals surface area contributed by atoms with E-state index in [1.54, 1.807) is 0 Å². The Kier molecular flexibility index (Phi) is 6.23. The summed E-state index contributed by atoms with van der Waals surface area (Å²) in [6.45, 7) is 4.36. The fourth-order valence-electron chi connectivity index (χ4n) is 3.80. The first-order valence-electron chi connectivity index (χ1n) is 10.4. The first-order valence-corrected chi connectivity index (χ1v) is 11.1. The van der Waals surface area contributed by atoms with Crippen LogP contribution in [0.4, 0.5) is 5.69 Å². The molecule has 1 saturated carbocycles. The monoisotopic (exact) mass is 468 g/mol. The van der Waals surface area contributed by atoms with Crippen molar-refractivity contribution in [1.82, 2.24) is 0 Å². The number of hydrazone groups is 1. The molecule has 2 aliphatic rings. The molecule has 0 atom stereocenters. The van der Waals surface area contributed by atoms with Crippen molar-refractivity contribution in [3.63, 3.8) is 0 Å². The van der Waals surface area contributed by atoms with Gasteiger partial charge < -0.3 is 9.47 Å². The fraction of sp³-hybridized carbons (Fsp3) is 0.333. The van der Waals surface area contributed by atoms with Gasteiger partial charge in [0.25, 0.3) is 5.91 Å². The van der Waals surface area contributed by atoms with Gasteiger partial charge in [-0.2, -0.15) is 10.1 Å². The van der Waals surface area contributed by atoms with Crippen molar-refractivity contribution >= 4 is 39.3 Å². The molecular formula is C24H25BrN2O3. The highest BCUT2D eigenvalue weighted by Crippen LogP contribution is 2.34. The van der Waals surface area contributed by atoms with Gasteiger partial charge in [-0.1, -0.05) is 28.1 Å². The number of carbonyl (C=O) groups excluding carboxylic acids is 1. The van der Waals surface area contributed by atoms with Gasteiger partial charge in [0.2, 0.25) is 0 Å². The number of rotatable bonds is 6. The van der Waals surface area contributed by atoms with Crippen LogP contribution in [0.5, 0.6) is 11.5 Å². The first kappa shape index (κ1) is 20.7. The second-order valence-corrected chi connectivity index (χ2v) is 8.42. The van der Waals surface area contributed by atoms with Crippen LogP contribution in [0.3, 0.4) is 0 Å². The minimum absolute atomic E-state index is 0.144. The van der Waals surface area contributed by atoms with Crippen LogP contribution >= 0.6 is 15.9 Å². The Hall–Kier alpha value is -2.60. The van der Waals surface area contributed by atoms with Crippen molar-refractivity contribution in [2.24, 2.45) is 5.10 Å². The number of hydrogen-bond acceptors (Lipinski definition) is 4. The molecule has 1 fully saturated rings. The van der Waals surface area contributed by atoms with Gasteiger partial charge in [0.15, 0.2) is 11.5 Å². The van der Waals surface area contributed by atoms with Gasteiger partial charge in [0, 0.05) is 4.47 Å². The molecule has 0 spiro atoms. The largest absolute Gasteiger partial charge is 0.490 e. The zero-order valence-electron chi connectivity index (χ0n) is 17.2. The van der Waals surface area contributed by atoms with Crippen molar-refractivity contribution in [3.05, 3.63) is 58.1 Å². The summed E-state index contributed by atoms with van der Waals surface area (Å²) in [5, 5.41) is 5.90. The lowest BCUT2D eigenvalue weighted by Crippen LogP contribution is -2.21. The van der Waals surface area contributed by atoms with E-state index >= 15 is 0 Å². The third-order valence-electron chi connectivity index (χ3n) is 5.29. The molecule has 6 heteroatoms. The second-order valence-electron chi connectivity index (χ2n) is 7.50. The molecule has 0 aromatic heterocycles. The third-order valence-corrected chi connectivity index (χ3v) is 5.78. The second kappa shape index (κ2) is 9.04. The van der Waals surface area contributed by atoms with Crippen LogP contribution in [-0.4, -0.2) is 24.3 Å². The Balaban J connectivity index is 1.59. The zero-order chi connectivity index (χ0) is 21.1. The smallest absolute Gasteiger partial charge is 0.280 e. The lowest BCUT2D eigenvalue weighted by molar-refractivity contribution is -0.114. The summed E-state index contributed by atoms with van der Waals surface area (Å²) < 4.78 is 12.9. The summed E-state index contributed by atoms with van der Waals surface area (Å²) in [6, 6.07) is 13.4. The normalized spacial score (nSPS) is 18.2. The molecule has 1 aliphatic heterocycles. The van der Waals surface area contributed by atoms with E-state index in [1.165, 1.54) is 17.9 Å². The van der Waals surface area contributed by atoms with Crippen molar-refractivity contribution in [1.29, 1.82) is 0 Å². The predicted molar refractivity (Wildman–Crippen MR) is 123 cm³/mol. The van der Waals surface area contributed by atoms with Crippen molar-refractivity contribution in [2.45, 2.75) is 45.6 Å². The Labute approximate surface area is 185 Å². The van der Waals surface area contributed by atoms with E-state index in [0.29, 0.717) is 23.6 Å². The molecule has 30 heavy (non-hydrogen) atoms. The number of hydrogen-bond donors (Lipinski definition) is 0. The molecule has 1 heterocycles. The molecule has 5 nitrogen and oxygen atoms in total. The van der Waals surface area contributed by atoms with Crippen LogP contribution in [0.15, 0.2) is 57.6 Å². The summed E-state index contributed by atoms with van der Waals surface area (Å²) in [7, 11) is 0. The van der Waals surface area contributed by atoms with Crippen molar-refractivity contribution in [3.8, 4) is 11.5 Å². The summed E-state index contributed by atoms with van der Waals surface area (Å²) >= 11 is 3.45. The van der Waals surface area contributed by atoms with E-state index in [9.17, 15) is 4.79 Å². The van der Waals surface area contributed by atoms with Crippen LogP contribution < -0.4 is 14.5 Å². The zero-order valence-corrected chi connectivity index (χ0v) is 18.8. The lowest BCUT2D eigenvalue weighted by atomic mass is 10.1. The Bertz CT molecular complexity index is 1010. The van der Waals surface area contributed by atoms with Crippen LogP contribution in [0.1, 0.15) is 45.1 Å². The van der Waals surface area contributed by atoms with Crippen LogP contribution in [0.25, 0.3) is 6.08 Å². The van der Waals surface area contributed by atoms with Gasteiger partial charge in [0.05, 0.1) is 29.7 Å². The maximum atomic E-state index is 13.0. The predicted octanol–water partition coefficient (Wildman–Crippen LogP) is 5.98. The molecule has 156 valence electrons. The summed E-state index contributed by atoms with van der Waals surface area (Å²) in [4.78, 5) is 13.0. The number of anilines is 1. The minimum atomic E-state index is -0.144. The third kappa shape index (κ3) is 4.43. The van der Waals surface area contributed by atoms with Gasteiger partial charge >= 0.3 is 0 Å². The molecule has 0 bridgehead atoms. The molecule has 2 aromatic rings. The van der Waals surface area contributed by atoms with E-state index in [0.717, 1.165) is 34.3 Å². The fourth-order valence-corrected chi connectivity index (χ4v) is 4.19. The van der Waals surface area contributed by atoms with Crippen LogP contribution in [0.2, 0.25) is 0 Å². The molecule has 0 N–H and O–H groups in total. The number of nitrogens with zero attached hydrogens (tertiary/aromatic N) is 2. The average Bonchev–Trinajstić information content (AvgIpc) is 3.33. The van der Waals surface area contributed by atoms with Crippen molar-refractivity contribution in [2.75, 3.05) is 11.6 Å². The Morgan fingerprint density at radius 3 is 2.70 bits per heavy atom. The van der Waals surface area contributed by atoms with Crippen LogP contribution in [-0.2, 0) is 4.79 Å². The molecule has 1 amide bonds. The maximum absolute atomic E-state index is 13.0. The summed E-state index contributed by atoms with van der Waals surface area (Å²) in [5.74, 6) is 1.34. The molecule has 1 aliphatic carbocycles. The van der Waals surface area contributed by atoms with Crippen LogP contribution in [0, 0.1) is 0 Å². The quantitative estimate of drug-likeness (QED) is 0.490. The van der Waals surface area contributed by atoms with Crippen molar-refractivity contribution < 1.29 is 14.3 Å². The molecular weight excluding hydrogens is 444 g/mol. The summed E-state index contributed by atoms with van der Waals surface area (Å²) in [5.41, 5.74) is 2.87. The van der Waals surface area contributed by atoms with E-state index in [-0.39, 0.29) is 12.0 Å². The molecule has 2 aromatic carbocycles. The van der Waals surface area contributed by atoms with E-state index in [1.807, 2.05) is 62.4 Å². The Morgan fingerprint density at radius 2 is 1.97 bits per heavy atom. The maximum Gasteiger partial charge on any atom is 0.280 e. The average molecular weight is 469 g/mol. The first-order chi connectivity index (χ1) is 14.5. The number of ether oxygens (including phenoxy) is 2. The van der Waals surface area contributed by atoms with Gasteiger partial charge in [-0.25, -0.2) is 0 Å². The Morgan fingerprint density at radius 1 is 1.17 bits per heavy atom. The van der Waals surface area contributed by atoms with Gasteiger partial charge in [0.1, 0.15) is 0 Å². The summed E-state index contributed by atoms with van der Waals surface area (Å²) in [6.07, 6.45) is 6.74. The topological polar surface area (TPSA) is 51.1 Å². The molecule has 0 unspecified atom stereocenters. The van der Waals surface area contributed by atoms with E-state index in [4.69, 9.17) is 9.47 Å². The van der Waals surface area contributed by atoms with Gasteiger partial charge in [-0.3, -0.25) is 4.79 Å². The van der Waals surface area contributed by atoms with E-state index < -0.39 is 0 Å². The number of carbonyl (C=O) groups is 1. The highest BCUT2D eigenvalue weighted by molar-refractivity contribution is 9.10. The number of amides is 1. The lowest BCUT2D eigenvalue weighted by Gasteiger charge is -2.17. The highest BCUT2D eigenvalue weighted by Gasteiger charge is 2.29. The van der Waals surface area contributed by atoms with Gasteiger partial charge in [-0.05, 0) is 81.5 Å². The van der Waals surface area contributed by atoms with Gasteiger partial charge in [-0.15, -0.1) is 0 Å². The molecule has 0 radical (unpaired) electrons. The minimum Gasteiger partial charge on any atom is -0.490 e. The standard InChI is InChI=1S/C24H25BrN2O3/c1-3-29-23-14-17(11-12-22(23)30-20-9-4-5-10-20)13-21-16(2)26-27(24(21)28)19-8-6-7-18(25)15-19/h6-8,11-15,20H,3-5,9-10H2,1-2H3. The molecule has 4 rings (SSSR count). The SMILES string of the molecule is CCOc1cc(C=C2C(=O)N(c3cccc(Br)c3)N=C2C)ccc1OC1CCCC1.